The third kappa shape index (κ3) is 6.14. The van der Waals surface area contributed by atoms with Gasteiger partial charge in [0.2, 0.25) is 5.91 Å². The molecule has 2 rings (SSSR count). The number of benzene rings is 1. The van der Waals surface area contributed by atoms with Crippen molar-refractivity contribution in [3.63, 3.8) is 0 Å². The molecule has 5 nitrogen and oxygen atoms in total. The Kier molecular flexibility index (Phi) is 8.86. The standard InChI is InChI=1S/C20H32N4O.HI/c1-6-21-19(24-12-10-23(11-13-24)17(3)25)22-15-20(4,5)18-9-7-8-16(2)14-18;/h7-9,14H,6,10-13,15H2,1-5H3,(H,21,22);1H. The summed E-state index contributed by atoms with van der Waals surface area (Å²) in [6.07, 6.45) is 0. The van der Waals surface area contributed by atoms with Crippen LogP contribution in [0.1, 0.15) is 38.8 Å². The molecule has 0 saturated carbocycles. The molecule has 1 saturated heterocycles. The molecule has 1 N–H and O–H groups in total. The van der Waals surface area contributed by atoms with Crippen LogP contribution in [0.4, 0.5) is 0 Å². The fraction of sp³-hybridized carbons (Fsp3) is 0.600. The smallest absolute Gasteiger partial charge is 0.219 e. The number of hydrogen-bond acceptors (Lipinski definition) is 2. The number of aryl methyl sites for hydroxylation is 1. The second-order valence-electron chi connectivity index (χ2n) is 7.42. The average Bonchev–Trinajstić information content (AvgIpc) is 2.58. The molecule has 0 spiro atoms. The monoisotopic (exact) mass is 472 g/mol. The third-order valence-corrected chi connectivity index (χ3v) is 4.78. The van der Waals surface area contributed by atoms with E-state index >= 15 is 0 Å². The number of guanidine groups is 1. The van der Waals surface area contributed by atoms with Crippen LogP contribution in [0.3, 0.4) is 0 Å². The Balaban J connectivity index is 0.00000338. The van der Waals surface area contributed by atoms with Crippen LogP contribution in [-0.4, -0.2) is 60.9 Å². The van der Waals surface area contributed by atoms with Crippen molar-refractivity contribution >= 4 is 35.8 Å². The molecule has 6 heteroatoms. The SMILES string of the molecule is CCNC(=NCC(C)(C)c1cccc(C)c1)N1CCN(C(C)=O)CC1.I. The first-order chi connectivity index (χ1) is 11.8. The van der Waals surface area contributed by atoms with Gasteiger partial charge in [-0.2, -0.15) is 0 Å². The predicted octanol–water partition coefficient (Wildman–Crippen LogP) is 3.02. The lowest BCUT2D eigenvalue weighted by Crippen LogP contribution is -2.53. The van der Waals surface area contributed by atoms with Crippen LogP contribution in [0.2, 0.25) is 0 Å². The van der Waals surface area contributed by atoms with Gasteiger partial charge in [0.1, 0.15) is 0 Å². The minimum Gasteiger partial charge on any atom is -0.357 e. The van der Waals surface area contributed by atoms with Crippen LogP contribution in [0.25, 0.3) is 0 Å². The summed E-state index contributed by atoms with van der Waals surface area (Å²) in [7, 11) is 0. The number of nitrogens with one attached hydrogen (secondary N) is 1. The van der Waals surface area contributed by atoms with Crippen molar-refractivity contribution in [1.29, 1.82) is 0 Å². The van der Waals surface area contributed by atoms with Crippen molar-refractivity contribution in [3.8, 4) is 0 Å². The van der Waals surface area contributed by atoms with Gasteiger partial charge in [0.15, 0.2) is 5.96 Å². The normalized spacial score (nSPS) is 15.5. The van der Waals surface area contributed by atoms with Crippen LogP contribution in [-0.2, 0) is 10.2 Å². The third-order valence-electron chi connectivity index (χ3n) is 4.78. The van der Waals surface area contributed by atoms with Crippen LogP contribution in [0, 0.1) is 6.92 Å². The maximum absolute atomic E-state index is 11.5. The number of carbonyl (C=O) groups excluding carboxylic acids is 1. The van der Waals surface area contributed by atoms with Crippen molar-refractivity contribution in [2.24, 2.45) is 4.99 Å². The van der Waals surface area contributed by atoms with Gasteiger partial charge < -0.3 is 15.1 Å². The molecule has 1 aromatic rings. The van der Waals surface area contributed by atoms with Gasteiger partial charge in [0, 0.05) is 45.1 Å². The summed E-state index contributed by atoms with van der Waals surface area (Å²) in [6.45, 7) is 15.1. The molecule has 1 amide bonds. The van der Waals surface area contributed by atoms with Gasteiger partial charge in [-0.1, -0.05) is 43.7 Å². The predicted molar refractivity (Wildman–Crippen MR) is 119 cm³/mol. The number of halogens is 1. The molecule has 1 heterocycles. The maximum Gasteiger partial charge on any atom is 0.219 e. The largest absolute Gasteiger partial charge is 0.357 e. The molecular weight excluding hydrogens is 439 g/mol. The fourth-order valence-corrected chi connectivity index (χ4v) is 3.09. The Morgan fingerprint density at radius 1 is 1.19 bits per heavy atom. The fourth-order valence-electron chi connectivity index (χ4n) is 3.09. The van der Waals surface area contributed by atoms with E-state index in [1.807, 2.05) is 4.90 Å². The highest BCUT2D eigenvalue weighted by atomic mass is 127. The molecule has 26 heavy (non-hydrogen) atoms. The van der Waals surface area contributed by atoms with Crippen molar-refractivity contribution in [1.82, 2.24) is 15.1 Å². The van der Waals surface area contributed by atoms with Gasteiger partial charge >= 0.3 is 0 Å². The Labute approximate surface area is 175 Å². The van der Waals surface area contributed by atoms with Gasteiger partial charge in [-0.05, 0) is 19.4 Å². The highest BCUT2D eigenvalue weighted by Gasteiger charge is 2.24. The van der Waals surface area contributed by atoms with Gasteiger partial charge in [0.25, 0.3) is 0 Å². The molecule has 0 aromatic heterocycles. The zero-order valence-electron chi connectivity index (χ0n) is 16.7. The van der Waals surface area contributed by atoms with E-state index in [4.69, 9.17) is 4.99 Å². The average molecular weight is 472 g/mol. The number of amides is 1. The van der Waals surface area contributed by atoms with Crippen LogP contribution >= 0.6 is 24.0 Å². The molecular formula is C20H33IN4O. The van der Waals surface area contributed by atoms with E-state index < -0.39 is 0 Å². The van der Waals surface area contributed by atoms with E-state index in [-0.39, 0.29) is 35.3 Å². The van der Waals surface area contributed by atoms with Crippen molar-refractivity contribution in [3.05, 3.63) is 35.4 Å². The number of hydrogen-bond donors (Lipinski definition) is 1. The summed E-state index contributed by atoms with van der Waals surface area (Å²) in [5.41, 5.74) is 2.57. The van der Waals surface area contributed by atoms with E-state index in [1.54, 1.807) is 6.92 Å². The zero-order valence-corrected chi connectivity index (χ0v) is 19.0. The van der Waals surface area contributed by atoms with E-state index in [1.165, 1.54) is 11.1 Å². The Bertz CT molecular complexity index is 622. The summed E-state index contributed by atoms with van der Waals surface area (Å²) in [5.74, 6) is 1.11. The van der Waals surface area contributed by atoms with Gasteiger partial charge in [-0.25, -0.2) is 0 Å². The Hall–Kier alpha value is -1.31. The first-order valence-electron chi connectivity index (χ1n) is 9.19. The minimum absolute atomic E-state index is 0. The van der Waals surface area contributed by atoms with E-state index in [9.17, 15) is 4.79 Å². The lowest BCUT2D eigenvalue weighted by atomic mass is 9.84. The second-order valence-corrected chi connectivity index (χ2v) is 7.42. The first kappa shape index (κ1) is 22.7. The molecule has 0 aliphatic carbocycles. The molecule has 1 aliphatic rings. The summed E-state index contributed by atoms with van der Waals surface area (Å²) in [5, 5.41) is 3.40. The molecule has 1 aromatic carbocycles. The summed E-state index contributed by atoms with van der Waals surface area (Å²) < 4.78 is 0. The van der Waals surface area contributed by atoms with Crippen LogP contribution in [0.15, 0.2) is 29.3 Å². The van der Waals surface area contributed by atoms with E-state index in [0.29, 0.717) is 0 Å². The molecule has 0 atom stereocenters. The summed E-state index contributed by atoms with van der Waals surface area (Å²) in [4.78, 5) is 20.6. The molecule has 1 aliphatic heterocycles. The van der Waals surface area contributed by atoms with Crippen molar-refractivity contribution < 1.29 is 4.79 Å². The lowest BCUT2D eigenvalue weighted by molar-refractivity contribution is -0.130. The van der Waals surface area contributed by atoms with Crippen LogP contribution < -0.4 is 5.32 Å². The number of carbonyl (C=O) groups is 1. The molecule has 0 unspecified atom stereocenters. The van der Waals surface area contributed by atoms with Gasteiger partial charge in [-0.3, -0.25) is 9.79 Å². The topological polar surface area (TPSA) is 47.9 Å². The van der Waals surface area contributed by atoms with Crippen molar-refractivity contribution in [2.75, 3.05) is 39.3 Å². The number of rotatable bonds is 4. The lowest BCUT2D eigenvalue weighted by Gasteiger charge is -2.36. The van der Waals surface area contributed by atoms with E-state index in [0.717, 1.165) is 45.2 Å². The number of piperazine rings is 1. The first-order valence-corrected chi connectivity index (χ1v) is 9.19. The maximum atomic E-state index is 11.5. The van der Waals surface area contributed by atoms with Crippen LogP contribution in [0.5, 0.6) is 0 Å². The zero-order chi connectivity index (χ0) is 18.4. The summed E-state index contributed by atoms with van der Waals surface area (Å²) >= 11 is 0. The molecule has 0 bridgehead atoms. The molecule has 1 fully saturated rings. The number of aliphatic imine (C=N–C) groups is 1. The second kappa shape index (κ2) is 10.1. The summed E-state index contributed by atoms with van der Waals surface area (Å²) in [6, 6.07) is 8.67. The Morgan fingerprint density at radius 3 is 2.35 bits per heavy atom. The molecule has 146 valence electrons. The van der Waals surface area contributed by atoms with Gasteiger partial charge in [0.05, 0.1) is 6.54 Å². The number of nitrogens with zero attached hydrogens (tertiary/aromatic N) is 3. The van der Waals surface area contributed by atoms with E-state index in [2.05, 4.69) is 62.2 Å². The quantitative estimate of drug-likeness (QED) is 0.417. The minimum atomic E-state index is -0.0199. The highest BCUT2D eigenvalue weighted by Crippen LogP contribution is 2.24. The van der Waals surface area contributed by atoms with Crippen molar-refractivity contribution in [2.45, 2.75) is 40.0 Å². The Morgan fingerprint density at radius 2 is 1.81 bits per heavy atom. The van der Waals surface area contributed by atoms with Gasteiger partial charge in [-0.15, -0.1) is 24.0 Å². The molecule has 0 radical (unpaired) electrons. The highest BCUT2D eigenvalue weighted by molar-refractivity contribution is 14.0.